The molecule has 0 bridgehead atoms. The number of fused-ring (bicyclic) bond motifs is 1. The van der Waals surface area contributed by atoms with Gasteiger partial charge in [0.1, 0.15) is 23.1 Å². The van der Waals surface area contributed by atoms with Crippen LogP contribution in [0.25, 0.3) is 15.9 Å². The summed E-state index contributed by atoms with van der Waals surface area (Å²) in [5.41, 5.74) is 3.09. The molecule has 1 aliphatic rings. The van der Waals surface area contributed by atoms with E-state index in [2.05, 4.69) is 33.9 Å². The molecule has 5 rings (SSSR count). The van der Waals surface area contributed by atoms with Crippen molar-refractivity contribution in [3.05, 3.63) is 81.1 Å². The molecule has 0 atom stereocenters. The van der Waals surface area contributed by atoms with Crippen molar-refractivity contribution in [3.8, 4) is 5.88 Å². The summed E-state index contributed by atoms with van der Waals surface area (Å²) in [7, 11) is 0. The van der Waals surface area contributed by atoms with E-state index in [0.717, 1.165) is 54.2 Å². The van der Waals surface area contributed by atoms with Gasteiger partial charge in [-0.25, -0.2) is 18.7 Å². The molecule has 0 fully saturated rings. The van der Waals surface area contributed by atoms with Crippen molar-refractivity contribution >= 4 is 38.9 Å². The lowest BCUT2D eigenvalue weighted by molar-refractivity contribution is 0.271. The number of thiophene rings is 1. The average Bonchev–Trinajstić information content (AvgIpc) is 3.38. The quantitative estimate of drug-likeness (QED) is 0.320. The first-order valence-electron chi connectivity index (χ1n) is 11.1. The molecule has 0 spiro atoms. The van der Waals surface area contributed by atoms with Crippen molar-refractivity contribution in [2.45, 2.75) is 32.9 Å². The second-order valence-corrected chi connectivity index (χ2v) is 9.74. The molecule has 0 radical (unpaired) electrons. The Hall–Kier alpha value is -2.81. The van der Waals surface area contributed by atoms with Crippen LogP contribution in [0, 0.1) is 11.6 Å². The third kappa shape index (κ3) is 4.99. The number of benzene rings is 1. The number of aryl methyl sites for hydroxylation is 1. The Morgan fingerprint density at radius 3 is 2.76 bits per heavy atom. The van der Waals surface area contributed by atoms with Crippen molar-refractivity contribution in [2.24, 2.45) is 0 Å². The molecule has 4 aromatic rings. The fraction of sp³-hybridized carbons (Fsp3) is 0.280. The first-order chi connectivity index (χ1) is 16.5. The predicted octanol–water partition coefficient (Wildman–Crippen LogP) is 6.38. The summed E-state index contributed by atoms with van der Waals surface area (Å²) < 4.78 is 33.8. The number of rotatable bonds is 7. The highest BCUT2D eigenvalue weighted by atomic mass is 35.5. The van der Waals surface area contributed by atoms with Crippen LogP contribution in [-0.2, 0) is 19.6 Å². The molecule has 1 aliphatic heterocycles. The number of nitrogens with zero attached hydrogens (tertiary/aromatic N) is 3. The number of ether oxygens (including phenoxy) is 1. The normalized spacial score (nSPS) is 14.5. The highest BCUT2D eigenvalue weighted by Gasteiger charge is 2.18. The standard InChI is InChI=1S/C25H23ClF2N4OS/c1-2-18-12-22-25(34-18)31-23(29-22)13-32-9-7-15(8-10-32)21-6-5-19(27)24(30-21)33-14-16-3-4-17(26)11-20(16)28/h3-7,11-12H,2,8-10,13-14H2,1H3,(H,29,31). The lowest BCUT2D eigenvalue weighted by Crippen LogP contribution is -2.28. The summed E-state index contributed by atoms with van der Waals surface area (Å²) in [5, 5.41) is 0.295. The molecule has 1 aromatic carbocycles. The van der Waals surface area contributed by atoms with Gasteiger partial charge in [0, 0.05) is 28.6 Å². The smallest absolute Gasteiger partial charge is 0.251 e. The minimum absolute atomic E-state index is 0.135. The Morgan fingerprint density at radius 1 is 1.15 bits per heavy atom. The number of imidazole rings is 1. The summed E-state index contributed by atoms with van der Waals surface area (Å²) >= 11 is 7.51. The van der Waals surface area contributed by atoms with Gasteiger partial charge in [0.15, 0.2) is 5.82 Å². The van der Waals surface area contributed by atoms with Crippen LogP contribution in [0.4, 0.5) is 8.78 Å². The maximum atomic E-state index is 14.3. The van der Waals surface area contributed by atoms with Crippen LogP contribution in [0.1, 0.15) is 35.3 Å². The molecule has 0 saturated carbocycles. The van der Waals surface area contributed by atoms with Gasteiger partial charge in [0.2, 0.25) is 0 Å². The molecule has 3 aromatic heterocycles. The topological polar surface area (TPSA) is 54.0 Å². The molecular weight excluding hydrogens is 478 g/mol. The molecule has 0 aliphatic carbocycles. The number of hydrogen-bond acceptors (Lipinski definition) is 5. The maximum absolute atomic E-state index is 14.3. The van der Waals surface area contributed by atoms with Crippen LogP contribution in [0.3, 0.4) is 0 Å². The first-order valence-corrected chi connectivity index (χ1v) is 12.3. The summed E-state index contributed by atoms with van der Waals surface area (Å²) in [6, 6.07) is 9.45. The highest BCUT2D eigenvalue weighted by molar-refractivity contribution is 7.18. The number of aromatic nitrogens is 3. The first kappa shape index (κ1) is 23.0. The zero-order valence-corrected chi connectivity index (χ0v) is 20.1. The van der Waals surface area contributed by atoms with Gasteiger partial charge in [-0.1, -0.05) is 30.7 Å². The third-order valence-corrected chi connectivity index (χ3v) is 7.22. The number of aromatic amines is 1. The Kier molecular flexibility index (Phi) is 6.63. The van der Waals surface area contributed by atoms with E-state index in [4.69, 9.17) is 21.3 Å². The van der Waals surface area contributed by atoms with Crippen molar-refractivity contribution < 1.29 is 13.5 Å². The van der Waals surface area contributed by atoms with Gasteiger partial charge >= 0.3 is 0 Å². The van der Waals surface area contributed by atoms with E-state index in [1.54, 1.807) is 23.5 Å². The largest absolute Gasteiger partial charge is 0.471 e. The zero-order chi connectivity index (χ0) is 23.7. The van der Waals surface area contributed by atoms with Gasteiger partial charge in [-0.3, -0.25) is 4.90 Å². The van der Waals surface area contributed by atoms with Gasteiger partial charge in [0.25, 0.3) is 5.88 Å². The van der Waals surface area contributed by atoms with Crippen molar-refractivity contribution in [2.75, 3.05) is 13.1 Å². The maximum Gasteiger partial charge on any atom is 0.251 e. The summed E-state index contributed by atoms with van der Waals surface area (Å²) in [5.74, 6) is -0.260. The predicted molar refractivity (Wildman–Crippen MR) is 131 cm³/mol. The zero-order valence-electron chi connectivity index (χ0n) is 18.6. The number of H-pyrrole nitrogens is 1. The Bertz CT molecular complexity index is 1330. The number of hydrogen-bond donors (Lipinski definition) is 1. The number of halogens is 3. The summed E-state index contributed by atoms with van der Waals surface area (Å²) in [6.07, 6.45) is 3.90. The summed E-state index contributed by atoms with van der Waals surface area (Å²) in [4.78, 5) is 17.2. The highest BCUT2D eigenvalue weighted by Crippen LogP contribution is 2.27. The SMILES string of the molecule is CCc1cc2[nH]c(CN3CC=C(c4ccc(F)c(OCc5ccc(Cl)cc5F)n4)CC3)nc2s1. The van der Waals surface area contributed by atoms with E-state index in [1.807, 2.05) is 0 Å². The van der Waals surface area contributed by atoms with E-state index in [1.165, 1.54) is 23.1 Å². The lowest BCUT2D eigenvalue weighted by atomic mass is 10.0. The molecule has 0 unspecified atom stereocenters. The molecule has 1 N–H and O–H groups in total. The van der Waals surface area contributed by atoms with Gasteiger partial charge in [-0.15, -0.1) is 11.3 Å². The van der Waals surface area contributed by atoms with E-state index in [0.29, 0.717) is 10.7 Å². The van der Waals surface area contributed by atoms with Gasteiger partial charge in [-0.05, 0) is 48.7 Å². The second kappa shape index (κ2) is 9.82. The van der Waals surface area contributed by atoms with Crippen LogP contribution >= 0.6 is 22.9 Å². The van der Waals surface area contributed by atoms with E-state index in [9.17, 15) is 8.78 Å². The van der Waals surface area contributed by atoms with Crippen LogP contribution < -0.4 is 4.74 Å². The number of nitrogens with one attached hydrogen (secondary N) is 1. The Balaban J connectivity index is 1.23. The second-order valence-electron chi connectivity index (χ2n) is 8.19. The van der Waals surface area contributed by atoms with Crippen LogP contribution in [0.2, 0.25) is 5.02 Å². The van der Waals surface area contributed by atoms with E-state index in [-0.39, 0.29) is 18.1 Å². The lowest BCUT2D eigenvalue weighted by Gasteiger charge is -2.25. The van der Waals surface area contributed by atoms with Gasteiger partial charge in [0.05, 0.1) is 17.8 Å². The number of pyridine rings is 1. The van der Waals surface area contributed by atoms with Crippen molar-refractivity contribution in [1.82, 2.24) is 19.9 Å². The Labute approximate surface area is 205 Å². The fourth-order valence-corrected chi connectivity index (χ4v) is 5.05. The summed E-state index contributed by atoms with van der Waals surface area (Å²) in [6.45, 7) is 4.34. The minimum atomic E-state index is -0.583. The van der Waals surface area contributed by atoms with Crippen molar-refractivity contribution in [3.63, 3.8) is 0 Å². The van der Waals surface area contributed by atoms with Crippen LogP contribution in [0.15, 0.2) is 42.5 Å². The Morgan fingerprint density at radius 2 is 2.03 bits per heavy atom. The molecule has 5 nitrogen and oxygen atoms in total. The minimum Gasteiger partial charge on any atom is -0.471 e. The van der Waals surface area contributed by atoms with Gasteiger partial charge < -0.3 is 9.72 Å². The third-order valence-electron chi connectivity index (χ3n) is 5.82. The van der Waals surface area contributed by atoms with Crippen LogP contribution in [0.5, 0.6) is 5.88 Å². The monoisotopic (exact) mass is 500 g/mol. The average molecular weight is 501 g/mol. The van der Waals surface area contributed by atoms with Crippen molar-refractivity contribution in [1.29, 1.82) is 0 Å². The molecule has 176 valence electrons. The molecular formula is C25H23ClF2N4OS. The molecule has 0 amide bonds. The molecule has 9 heteroatoms. The molecule has 34 heavy (non-hydrogen) atoms. The van der Waals surface area contributed by atoms with E-state index >= 15 is 0 Å². The molecule has 4 heterocycles. The van der Waals surface area contributed by atoms with E-state index < -0.39 is 11.6 Å². The van der Waals surface area contributed by atoms with Crippen LogP contribution in [-0.4, -0.2) is 32.9 Å². The van der Waals surface area contributed by atoms with Gasteiger partial charge in [-0.2, -0.15) is 0 Å². The molecule has 0 saturated heterocycles. The fourth-order valence-electron chi connectivity index (χ4n) is 3.95.